The molecular formula is C16H18N2O2S. The molecule has 2 N–H and O–H groups in total. The van der Waals surface area contributed by atoms with Gasteiger partial charge in [0.2, 0.25) is 0 Å². The van der Waals surface area contributed by atoms with Gasteiger partial charge in [-0.3, -0.25) is 4.79 Å². The quantitative estimate of drug-likeness (QED) is 0.883. The van der Waals surface area contributed by atoms with Crippen LogP contribution >= 0.6 is 11.3 Å². The molecule has 1 fully saturated rings. The predicted molar refractivity (Wildman–Crippen MR) is 84.4 cm³/mol. The molecule has 2 aromatic rings. The topological polar surface area (TPSA) is 55.6 Å². The molecule has 5 heteroatoms. The summed E-state index contributed by atoms with van der Waals surface area (Å²) in [5.41, 5.74) is 7.57. The second-order valence-electron chi connectivity index (χ2n) is 5.16. The molecule has 0 bridgehead atoms. The summed E-state index contributed by atoms with van der Waals surface area (Å²) in [7, 11) is 0. The van der Waals surface area contributed by atoms with E-state index in [2.05, 4.69) is 16.8 Å². The van der Waals surface area contributed by atoms with Crippen LogP contribution in [0.25, 0.3) is 0 Å². The van der Waals surface area contributed by atoms with Gasteiger partial charge in [-0.25, -0.2) is 0 Å². The van der Waals surface area contributed by atoms with E-state index in [1.54, 1.807) is 23.5 Å². The van der Waals surface area contributed by atoms with Gasteiger partial charge in [0.25, 0.3) is 5.91 Å². The fraction of sp³-hybridized carbons (Fsp3) is 0.312. The smallest absolute Gasteiger partial charge is 0.261 e. The number of hydrogen-bond acceptors (Lipinski definition) is 4. The summed E-state index contributed by atoms with van der Waals surface area (Å²) in [4.78, 5) is 14.3. The van der Waals surface area contributed by atoms with Crippen molar-refractivity contribution in [3.8, 4) is 5.75 Å². The number of nitrogens with two attached hydrogens (primary N) is 1. The molecule has 21 heavy (non-hydrogen) atoms. The van der Waals surface area contributed by atoms with Crippen molar-refractivity contribution in [2.45, 2.75) is 18.9 Å². The molecule has 0 radical (unpaired) electrons. The zero-order valence-corrected chi connectivity index (χ0v) is 12.5. The third-order valence-corrected chi connectivity index (χ3v) is 4.42. The number of nitrogen functional groups attached to an aromatic ring is 1. The predicted octanol–water partition coefficient (Wildman–Crippen LogP) is 3.07. The zero-order valence-electron chi connectivity index (χ0n) is 11.7. The standard InChI is InChI=1S/C16H18N2O2S/c17-13-3-1-4-14(9-13)20-10-16(19)18-7-2-5-15(18)12-6-8-21-11-12/h1,3-4,6,8-9,11,15H,2,5,7,10,17H2. The van der Waals surface area contributed by atoms with Gasteiger partial charge >= 0.3 is 0 Å². The molecule has 1 aliphatic rings. The van der Waals surface area contributed by atoms with E-state index in [1.165, 1.54) is 5.56 Å². The van der Waals surface area contributed by atoms with E-state index in [-0.39, 0.29) is 18.6 Å². The molecule has 0 spiro atoms. The van der Waals surface area contributed by atoms with Crippen LogP contribution < -0.4 is 10.5 Å². The van der Waals surface area contributed by atoms with E-state index >= 15 is 0 Å². The Kier molecular flexibility index (Phi) is 4.10. The number of ether oxygens (including phenoxy) is 1. The first-order valence-electron chi connectivity index (χ1n) is 7.04. The van der Waals surface area contributed by atoms with Crippen molar-refractivity contribution < 1.29 is 9.53 Å². The van der Waals surface area contributed by atoms with Crippen LogP contribution in [0.2, 0.25) is 0 Å². The van der Waals surface area contributed by atoms with Gasteiger partial charge in [-0.15, -0.1) is 0 Å². The number of amides is 1. The number of hydrogen-bond donors (Lipinski definition) is 1. The van der Waals surface area contributed by atoms with Gasteiger partial charge in [0.1, 0.15) is 5.75 Å². The lowest BCUT2D eigenvalue weighted by Crippen LogP contribution is -2.34. The Labute approximate surface area is 128 Å². The molecule has 1 unspecified atom stereocenters. The molecule has 1 aliphatic heterocycles. The van der Waals surface area contributed by atoms with Crippen molar-refractivity contribution in [1.29, 1.82) is 0 Å². The number of thiophene rings is 1. The van der Waals surface area contributed by atoms with Crippen LogP contribution in [-0.4, -0.2) is 24.0 Å². The van der Waals surface area contributed by atoms with Gasteiger partial charge in [-0.1, -0.05) is 6.07 Å². The molecule has 4 nitrogen and oxygen atoms in total. The van der Waals surface area contributed by atoms with E-state index in [0.29, 0.717) is 11.4 Å². The van der Waals surface area contributed by atoms with Gasteiger partial charge in [-0.2, -0.15) is 11.3 Å². The molecule has 110 valence electrons. The van der Waals surface area contributed by atoms with Crippen molar-refractivity contribution in [2.75, 3.05) is 18.9 Å². The minimum atomic E-state index is 0.0334. The van der Waals surface area contributed by atoms with Crippen molar-refractivity contribution >= 4 is 22.9 Å². The van der Waals surface area contributed by atoms with Crippen molar-refractivity contribution in [1.82, 2.24) is 4.90 Å². The Hall–Kier alpha value is -2.01. The van der Waals surface area contributed by atoms with Crippen molar-refractivity contribution in [3.63, 3.8) is 0 Å². The van der Waals surface area contributed by atoms with Crippen molar-refractivity contribution in [2.24, 2.45) is 0 Å². The van der Waals surface area contributed by atoms with Crippen molar-refractivity contribution in [3.05, 3.63) is 46.7 Å². The Morgan fingerprint density at radius 2 is 2.33 bits per heavy atom. The maximum absolute atomic E-state index is 12.4. The van der Waals surface area contributed by atoms with Crippen LogP contribution in [0.1, 0.15) is 24.4 Å². The fourth-order valence-corrected chi connectivity index (χ4v) is 3.42. The molecule has 1 aromatic carbocycles. The van der Waals surface area contributed by atoms with Crippen LogP contribution in [0.15, 0.2) is 41.1 Å². The summed E-state index contributed by atoms with van der Waals surface area (Å²) in [6.45, 7) is 0.865. The van der Waals surface area contributed by atoms with Crippen LogP contribution in [0.5, 0.6) is 5.75 Å². The van der Waals surface area contributed by atoms with Gasteiger partial charge < -0.3 is 15.4 Å². The lowest BCUT2D eigenvalue weighted by Gasteiger charge is -2.24. The molecule has 1 saturated heterocycles. The van der Waals surface area contributed by atoms with E-state index in [4.69, 9.17) is 10.5 Å². The fourth-order valence-electron chi connectivity index (χ4n) is 2.71. The molecular weight excluding hydrogens is 284 g/mol. The highest BCUT2D eigenvalue weighted by Gasteiger charge is 2.30. The van der Waals surface area contributed by atoms with Gasteiger partial charge in [0.05, 0.1) is 6.04 Å². The third-order valence-electron chi connectivity index (χ3n) is 3.72. The Bertz CT molecular complexity index is 612. The third kappa shape index (κ3) is 3.19. The summed E-state index contributed by atoms with van der Waals surface area (Å²) in [6, 6.07) is 9.45. The second kappa shape index (κ2) is 6.18. The zero-order chi connectivity index (χ0) is 14.7. The van der Waals surface area contributed by atoms with E-state index in [0.717, 1.165) is 19.4 Å². The van der Waals surface area contributed by atoms with E-state index < -0.39 is 0 Å². The van der Waals surface area contributed by atoms with Gasteiger partial charge in [0.15, 0.2) is 6.61 Å². The second-order valence-corrected chi connectivity index (χ2v) is 5.94. The maximum Gasteiger partial charge on any atom is 0.261 e. The molecule has 3 rings (SSSR count). The summed E-state index contributed by atoms with van der Waals surface area (Å²) >= 11 is 1.67. The average Bonchev–Trinajstić information content (AvgIpc) is 3.14. The molecule has 1 aromatic heterocycles. The Morgan fingerprint density at radius 1 is 1.43 bits per heavy atom. The summed E-state index contributed by atoms with van der Waals surface area (Å²) < 4.78 is 5.56. The number of nitrogens with zero attached hydrogens (tertiary/aromatic N) is 1. The number of rotatable bonds is 4. The Balaban J connectivity index is 1.62. The SMILES string of the molecule is Nc1cccc(OCC(=O)N2CCCC2c2ccsc2)c1. The monoisotopic (exact) mass is 302 g/mol. The molecule has 0 saturated carbocycles. The lowest BCUT2D eigenvalue weighted by molar-refractivity contribution is -0.134. The maximum atomic E-state index is 12.4. The van der Waals surface area contributed by atoms with E-state index in [1.807, 2.05) is 17.0 Å². The lowest BCUT2D eigenvalue weighted by atomic mass is 10.1. The highest BCUT2D eigenvalue weighted by Crippen LogP contribution is 2.33. The van der Waals surface area contributed by atoms with E-state index in [9.17, 15) is 4.79 Å². The molecule has 0 aliphatic carbocycles. The highest BCUT2D eigenvalue weighted by molar-refractivity contribution is 7.07. The molecule has 2 heterocycles. The Morgan fingerprint density at radius 3 is 3.10 bits per heavy atom. The first kappa shape index (κ1) is 13.9. The van der Waals surface area contributed by atoms with Crippen LogP contribution in [0.4, 0.5) is 5.69 Å². The van der Waals surface area contributed by atoms with Gasteiger partial charge in [-0.05, 0) is 47.4 Å². The molecule has 1 atom stereocenters. The number of anilines is 1. The first-order chi connectivity index (χ1) is 10.2. The number of carbonyl (C=O) groups excluding carboxylic acids is 1. The summed E-state index contributed by atoms with van der Waals surface area (Å²) in [5, 5.41) is 4.18. The summed E-state index contributed by atoms with van der Waals surface area (Å²) in [6.07, 6.45) is 2.07. The highest BCUT2D eigenvalue weighted by atomic mass is 32.1. The van der Waals surface area contributed by atoms with Crippen LogP contribution in [-0.2, 0) is 4.79 Å². The largest absolute Gasteiger partial charge is 0.484 e. The first-order valence-corrected chi connectivity index (χ1v) is 7.98. The number of benzene rings is 1. The normalized spacial score (nSPS) is 17.9. The van der Waals surface area contributed by atoms with Crippen LogP contribution in [0, 0.1) is 0 Å². The molecule has 1 amide bonds. The minimum absolute atomic E-state index is 0.0334. The van der Waals surface area contributed by atoms with Crippen LogP contribution in [0.3, 0.4) is 0 Å². The number of likely N-dealkylation sites (tertiary alicyclic amines) is 1. The number of carbonyl (C=O) groups is 1. The summed E-state index contributed by atoms with van der Waals surface area (Å²) in [5.74, 6) is 0.667. The van der Waals surface area contributed by atoms with Gasteiger partial charge in [0, 0.05) is 18.3 Å². The average molecular weight is 302 g/mol. The minimum Gasteiger partial charge on any atom is -0.484 e.